The minimum atomic E-state index is -0.205. The monoisotopic (exact) mass is 347 g/mol. The van der Waals surface area contributed by atoms with Gasteiger partial charge in [-0.1, -0.05) is 23.7 Å². The second-order valence-corrected chi connectivity index (χ2v) is 6.59. The molecule has 0 aliphatic heterocycles. The highest BCUT2D eigenvalue weighted by atomic mass is 79.9. The average molecular weight is 349 g/mol. The molecule has 1 aromatic heterocycles. The van der Waals surface area contributed by atoms with Crippen LogP contribution in [0.3, 0.4) is 0 Å². The van der Waals surface area contributed by atoms with Crippen LogP contribution in [-0.4, -0.2) is 0 Å². The maximum Gasteiger partial charge on any atom is 0.123 e. The van der Waals surface area contributed by atoms with Crippen LogP contribution in [0, 0.1) is 5.82 Å². The number of rotatable bonds is 4. The Labute approximate surface area is 123 Å². The molecule has 1 nitrogen and oxygen atoms in total. The van der Waals surface area contributed by atoms with E-state index in [2.05, 4.69) is 21.2 Å². The number of hydrogen-bond donors (Lipinski definition) is 1. The van der Waals surface area contributed by atoms with Gasteiger partial charge in [-0.15, -0.1) is 11.3 Å². The van der Waals surface area contributed by atoms with Crippen molar-refractivity contribution in [1.29, 1.82) is 0 Å². The second kappa shape index (κ2) is 6.15. The molecule has 1 atom stereocenters. The summed E-state index contributed by atoms with van der Waals surface area (Å²) in [6, 6.07) is 8.74. The summed E-state index contributed by atoms with van der Waals surface area (Å²) < 4.78 is 14.8. The molecule has 96 valence electrons. The van der Waals surface area contributed by atoms with Gasteiger partial charge in [0.15, 0.2) is 0 Å². The quantitative estimate of drug-likeness (QED) is 0.805. The fourth-order valence-electron chi connectivity index (χ4n) is 1.63. The number of nitrogens with one attached hydrogen (secondary N) is 1. The fraction of sp³-hybridized carbons (Fsp3) is 0.231. The topological polar surface area (TPSA) is 12.0 Å². The first-order chi connectivity index (χ1) is 8.56. The second-order valence-electron chi connectivity index (χ2n) is 3.99. The lowest BCUT2D eigenvalue weighted by atomic mass is 10.1. The predicted molar refractivity (Wildman–Crippen MR) is 78.7 cm³/mol. The first-order valence-corrected chi connectivity index (χ1v) is 7.47. The van der Waals surface area contributed by atoms with Crippen LogP contribution in [0.5, 0.6) is 0 Å². The molecule has 0 unspecified atom stereocenters. The summed E-state index contributed by atoms with van der Waals surface area (Å²) in [6.45, 7) is 2.73. The molecule has 1 N–H and O–H groups in total. The molecule has 1 aromatic carbocycles. The zero-order chi connectivity index (χ0) is 13.1. The molecule has 0 spiro atoms. The maximum absolute atomic E-state index is 13.1. The van der Waals surface area contributed by atoms with Crippen molar-refractivity contribution >= 4 is 38.9 Å². The Hall–Kier alpha value is -0.420. The molecule has 5 heteroatoms. The van der Waals surface area contributed by atoms with Gasteiger partial charge in [0, 0.05) is 21.9 Å². The van der Waals surface area contributed by atoms with Crippen molar-refractivity contribution in [3.63, 3.8) is 0 Å². The van der Waals surface area contributed by atoms with E-state index in [1.807, 2.05) is 19.1 Å². The minimum absolute atomic E-state index is 0.0975. The van der Waals surface area contributed by atoms with Gasteiger partial charge in [-0.3, -0.25) is 0 Å². The third-order valence-corrected chi connectivity index (χ3v) is 5.10. The molecular weight excluding hydrogens is 337 g/mol. The highest BCUT2D eigenvalue weighted by Gasteiger charge is 2.08. The Morgan fingerprint density at radius 2 is 2.22 bits per heavy atom. The van der Waals surface area contributed by atoms with E-state index in [4.69, 9.17) is 11.6 Å². The number of thiophene rings is 1. The zero-order valence-electron chi connectivity index (χ0n) is 9.71. The Bertz CT molecular complexity index is 524. The molecule has 0 saturated heterocycles. The van der Waals surface area contributed by atoms with Gasteiger partial charge in [0.05, 0.1) is 0 Å². The van der Waals surface area contributed by atoms with E-state index in [1.165, 1.54) is 17.4 Å². The van der Waals surface area contributed by atoms with Gasteiger partial charge in [0.25, 0.3) is 0 Å². The van der Waals surface area contributed by atoms with Crippen LogP contribution in [0.1, 0.15) is 23.4 Å². The predicted octanol–water partition coefficient (Wildman–Crippen LogP) is 5.15. The lowest BCUT2D eigenvalue weighted by Crippen LogP contribution is -2.17. The van der Waals surface area contributed by atoms with E-state index >= 15 is 0 Å². The van der Waals surface area contributed by atoms with E-state index in [1.54, 1.807) is 12.1 Å². The lowest BCUT2D eigenvalue weighted by molar-refractivity contribution is 0.568. The Morgan fingerprint density at radius 3 is 2.83 bits per heavy atom. The van der Waals surface area contributed by atoms with Gasteiger partial charge in [-0.2, -0.15) is 0 Å². The summed E-state index contributed by atoms with van der Waals surface area (Å²) in [6.07, 6.45) is 0. The molecule has 2 rings (SSSR count). The third kappa shape index (κ3) is 3.54. The van der Waals surface area contributed by atoms with Gasteiger partial charge in [0.1, 0.15) is 10.2 Å². The van der Waals surface area contributed by atoms with Gasteiger partial charge < -0.3 is 5.32 Å². The number of hydrogen-bond acceptors (Lipinski definition) is 2. The van der Waals surface area contributed by atoms with Crippen LogP contribution >= 0.6 is 38.9 Å². The summed E-state index contributed by atoms with van der Waals surface area (Å²) in [5.41, 5.74) is 0.941. The summed E-state index contributed by atoms with van der Waals surface area (Å²) >= 11 is 10.9. The summed E-state index contributed by atoms with van der Waals surface area (Å²) in [4.78, 5) is 1.15. The Balaban J connectivity index is 1.98. The molecule has 0 fully saturated rings. The molecule has 0 bridgehead atoms. The number of halogens is 3. The van der Waals surface area contributed by atoms with Crippen molar-refractivity contribution < 1.29 is 4.39 Å². The summed E-state index contributed by atoms with van der Waals surface area (Å²) in [5.74, 6) is -0.205. The van der Waals surface area contributed by atoms with E-state index in [-0.39, 0.29) is 11.9 Å². The number of benzene rings is 1. The van der Waals surface area contributed by atoms with Crippen LogP contribution in [0.15, 0.2) is 34.8 Å². The van der Waals surface area contributed by atoms with Crippen LogP contribution in [0.2, 0.25) is 4.34 Å². The summed E-state index contributed by atoms with van der Waals surface area (Å²) in [5, 5.41) is 3.35. The van der Waals surface area contributed by atoms with Gasteiger partial charge in [-0.05, 0) is 46.6 Å². The van der Waals surface area contributed by atoms with Gasteiger partial charge >= 0.3 is 0 Å². The molecule has 0 amide bonds. The SMILES string of the molecule is C[C@H](NCc1cc(Br)c(Cl)s1)c1cccc(F)c1. The standard InChI is InChI=1S/C13H12BrClFNS/c1-8(9-3-2-4-10(16)5-9)17-7-11-6-12(14)13(15)18-11/h2-6,8,17H,7H2,1H3/t8-/m0/s1. The van der Waals surface area contributed by atoms with E-state index in [0.717, 1.165) is 19.2 Å². The van der Waals surface area contributed by atoms with Crippen LogP contribution in [0.4, 0.5) is 4.39 Å². The van der Waals surface area contributed by atoms with Crippen molar-refractivity contribution in [3.8, 4) is 0 Å². The molecule has 0 aliphatic carbocycles. The first kappa shape index (κ1) is 14.0. The van der Waals surface area contributed by atoms with Crippen molar-refractivity contribution in [3.05, 3.63) is 55.4 Å². The van der Waals surface area contributed by atoms with E-state index in [0.29, 0.717) is 6.54 Å². The molecule has 0 aliphatic rings. The highest BCUT2D eigenvalue weighted by Crippen LogP contribution is 2.32. The molecular formula is C13H12BrClFNS. The largest absolute Gasteiger partial charge is 0.305 e. The normalized spacial score (nSPS) is 12.7. The molecule has 18 heavy (non-hydrogen) atoms. The fourth-order valence-corrected chi connectivity index (χ4v) is 3.37. The minimum Gasteiger partial charge on any atom is -0.305 e. The van der Waals surface area contributed by atoms with Crippen LogP contribution in [-0.2, 0) is 6.54 Å². The van der Waals surface area contributed by atoms with Crippen molar-refractivity contribution in [2.24, 2.45) is 0 Å². The van der Waals surface area contributed by atoms with Gasteiger partial charge in [-0.25, -0.2) is 4.39 Å². The molecule has 2 aromatic rings. The van der Waals surface area contributed by atoms with E-state index in [9.17, 15) is 4.39 Å². The van der Waals surface area contributed by atoms with Crippen molar-refractivity contribution in [1.82, 2.24) is 5.32 Å². The van der Waals surface area contributed by atoms with Crippen LogP contribution < -0.4 is 5.32 Å². The maximum atomic E-state index is 13.1. The zero-order valence-corrected chi connectivity index (χ0v) is 12.9. The van der Waals surface area contributed by atoms with E-state index < -0.39 is 0 Å². The molecule has 0 saturated carbocycles. The van der Waals surface area contributed by atoms with Crippen molar-refractivity contribution in [2.45, 2.75) is 19.5 Å². The Morgan fingerprint density at radius 1 is 1.44 bits per heavy atom. The average Bonchev–Trinajstić information content (AvgIpc) is 2.66. The Kier molecular flexibility index (Phi) is 4.78. The molecule has 0 radical (unpaired) electrons. The highest BCUT2D eigenvalue weighted by molar-refractivity contribution is 9.10. The first-order valence-electron chi connectivity index (χ1n) is 5.49. The van der Waals surface area contributed by atoms with Crippen molar-refractivity contribution in [2.75, 3.05) is 0 Å². The lowest BCUT2D eigenvalue weighted by Gasteiger charge is -2.13. The third-order valence-electron chi connectivity index (χ3n) is 2.63. The van der Waals surface area contributed by atoms with Gasteiger partial charge in [0.2, 0.25) is 0 Å². The smallest absolute Gasteiger partial charge is 0.123 e. The van der Waals surface area contributed by atoms with Crippen LogP contribution in [0.25, 0.3) is 0 Å². The summed E-state index contributed by atoms with van der Waals surface area (Å²) in [7, 11) is 0. The molecule has 1 heterocycles.